The fourth-order valence-corrected chi connectivity index (χ4v) is 2.70. The van der Waals surface area contributed by atoms with Crippen molar-refractivity contribution in [2.75, 3.05) is 7.11 Å². The summed E-state index contributed by atoms with van der Waals surface area (Å²) >= 11 is 12.3. The summed E-state index contributed by atoms with van der Waals surface area (Å²) in [6, 6.07) is 9.05. The van der Waals surface area contributed by atoms with Crippen molar-refractivity contribution in [2.45, 2.75) is 19.9 Å². The van der Waals surface area contributed by atoms with Gasteiger partial charge in [-0.15, -0.1) is 0 Å². The molecule has 0 radical (unpaired) electrons. The number of rotatable bonds is 3. The number of benzene rings is 2. The molecule has 106 valence electrons. The van der Waals surface area contributed by atoms with Crippen molar-refractivity contribution in [1.82, 2.24) is 0 Å². The van der Waals surface area contributed by atoms with Crippen molar-refractivity contribution in [1.29, 1.82) is 0 Å². The first-order valence-electron chi connectivity index (χ1n) is 6.29. The summed E-state index contributed by atoms with van der Waals surface area (Å²) in [6.45, 7) is 4.00. The Morgan fingerprint density at radius 3 is 2.35 bits per heavy atom. The van der Waals surface area contributed by atoms with Gasteiger partial charge in [0.15, 0.2) is 0 Å². The van der Waals surface area contributed by atoms with E-state index in [1.165, 1.54) is 0 Å². The SMILES string of the molecule is COc1cc(C)c(C(N)c2cc(Cl)ccc2Cl)cc1C. The summed E-state index contributed by atoms with van der Waals surface area (Å²) < 4.78 is 5.32. The maximum atomic E-state index is 6.36. The summed E-state index contributed by atoms with van der Waals surface area (Å²) in [7, 11) is 1.66. The van der Waals surface area contributed by atoms with Crippen LogP contribution in [0.5, 0.6) is 5.75 Å². The molecule has 1 unspecified atom stereocenters. The van der Waals surface area contributed by atoms with Crippen LogP contribution in [0.4, 0.5) is 0 Å². The Morgan fingerprint density at radius 1 is 1.00 bits per heavy atom. The lowest BCUT2D eigenvalue weighted by Gasteiger charge is -2.19. The van der Waals surface area contributed by atoms with Gasteiger partial charge >= 0.3 is 0 Å². The molecule has 2 N–H and O–H groups in total. The summed E-state index contributed by atoms with van der Waals surface area (Å²) in [5.74, 6) is 0.857. The Hall–Kier alpha value is -1.22. The molecule has 0 spiro atoms. The second-order valence-corrected chi connectivity index (χ2v) is 5.67. The molecule has 0 aliphatic heterocycles. The van der Waals surface area contributed by atoms with Crippen LogP contribution < -0.4 is 10.5 Å². The van der Waals surface area contributed by atoms with Gasteiger partial charge in [0.05, 0.1) is 13.2 Å². The first-order chi connectivity index (χ1) is 9.43. The van der Waals surface area contributed by atoms with Gasteiger partial charge in [0.25, 0.3) is 0 Å². The predicted molar refractivity (Wildman–Crippen MR) is 85.0 cm³/mol. The van der Waals surface area contributed by atoms with Gasteiger partial charge in [-0.3, -0.25) is 0 Å². The topological polar surface area (TPSA) is 35.2 Å². The molecule has 2 nitrogen and oxygen atoms in total. The van der Waals surface area contributed by atoms with Crippen LogP contribution in [0.15, 0.2) is 30.3 Å². The summed E-state index contributed by atoms with van der Waals surface area (Å²) in [4.78, 5) is 0. The number of methoxy groups -OCH3 is 1. The van der Waals surface area contributed by atoms with Crippen molar-refractivity contribution < 1.29 is 4.74 Å². The van der Waals surface area contributed by atoms with E-state index < -0.39 is 0 Å². The lowest BCUT2D eigenvalue weighted by atomic mass is 9.94. The van der Waals surface area contributed by atoms with Gasteiger partial charge in [-0.25, -0.2) is 0 Å². The summed E-state index contributed by atoms with van der Waals surface area (Å²) in [5, 5.41) is 1.25. The zero-order valence-electron chi connectivity index (χ0n) is 11.7. The molecule has 0 saturated heterocycles. The molecule has 2 aromatic carbocycles. The van der Waals surface area contributed by atoms with Gasteiger partial charge in [-0.2, -0.15) is 0 Å². The average Bonchev–Trinajstić information content (AvgIpc) is 2.42. The van der Waals surface area contributed by atoms with Gasteiger partial charge in [-0.1, -0.05) is 29.3 Å². The highest BCUT2D eigenvalue weighted by molar-refractivity contribution is 6.33. The minimum atomic E-state index is -0.314. The fourth-order valence-electron chi connectivity index (χ4n) is 2.29. The monoisotopic (exact) mass is 309 g/mol. The van der Waals surface area contributed by atoms with Crippen molar-refractivity contribution in [3.05, 3.63) is 62.6 Å². The van der Waals surface area contributed by atoms with E-state index in [4.69, 9.17) is 33.7 Å². The van der Waals surface area contributed by atoms with Gasteiger partial charge in [0.1, 0.15) is 5.75 Å². The van der Waals surface area contributed by atoms with Crippen LogP contribution in [0, 0.1) is 13.8 Å². The van der Waals surface area contributed by atoms with Crippen molar-refractivity contribution in [2.24, 2.45) is 5.73 Å². The standard InChI is InChI=1S/C16H17Cl2NO/c1-9-7-15(20-3)10(2)6-12(9)16(19)13-8-11(17)4-5-14(13)18/h4-8,16H,19H2,1-3H3. The molecular formula is C16H17Cl2NO. The molecule has 0 saturated carbocycles. The molecule has 0 heterocycles. The third-order valence-electron chi connectivity index (χ3n) is 3.41. The molecule has 4 heteroatoms. The molecule has 0 amide bonds. The summed E-state index contributed by atoms with van der Waals surface area (Å²) in [5.41, 5.74) is 10.3. The lowest BCUT2D eigenvalue weighted by Crippen LogP contribution is -2.14. The van der Waals surface area contributed by atoms with Crippen molar-refractivity contribution in [3.8, 4) is 5.75 Å². The Bertz CT molecular complexity index is 641. The highest BCUT2D eigenvalue weighted by Gasteiger charge is 2.16. The van der Waals surface area contributed by atoms with E-state index in [9.17, 15) is 0 Å². The fraction of sp³-hybridized carbons (Fsp3) is 0.250. The Labute approximate surface area is 129 Å². The highest BCUT2D eigenvalue weighted by Crippen LogP contribution is 2.33. The Morgan fingerprint density at radius 2 is 1.70 bits per heavy atom. The van der Waals surface area contributed by atoms with Crippen molar-refractivity contribution >= 4 is 23.2 Å². The Kier molecular flexibility index (Phi) is 4.59. The van der Waals surface area contributed by atoms with Crippen LogP contribution in [-0.2, 0) is 0 Å². The highest BCUT2D eigenvalue weighted by atomic mass is 35.5. The molecule has 0 aliphatic rings. The average molecular weight is 310 g/mol. The number of hydrogen-bond acceptors (Lipinski definition) is 2. The quantitative estimate of drug-likeness (QED) is 0.894. The van der Waals surface area contributed by atoms with Crippen LogP contribution >= 0.6 is 23.2 Å². The maximum Gasteiger partial charge on any atom is 0.122 e. The number of ether oxygens (including phenoxy) is 1. The zero-order valence-corrected chi connectivity index (χ0v) is 13.2. The molecule has 0 aliphatic carbocycles. The zero-order chi connectivity index (χ0) is 14.9. The van der Waals surface area contributed by atoms with Crippen LogP contribution in [0.3, 0.4) is 0 Å². The van der Waals surface area contributed by atoms with Gasteiger partial charge in [-0.05, 0) is 60.4 Å². The second-order valence-electron chi connectivity index (χ2n) is 4.82. The van der Waals surface area contributed by atoms with Crippen molar-refractivity contribution in [3.63, 3.8) is 0 Å². The van der Waals surface area contributed by atoms with E-state index in [-0.39, 0.29) is 6.04 Å². The van der Waals surface area contributed by atoms with Gasteiger partial charge < -0.3 is 10.5 Å². The first kappa shape index (κ1) is 15.2. The van der Waals surface area contributed by atoms with Crippen LogP contribution in [0.1, 0.15) is 28.3 Å². The predicted octanol–water partition coefficient (Wildman–Crippen LogP) is 4.67. The minimum Gasteiger partial charge on any atom is -0.496 e. The molecule has 2 aromatic rings. The number of nitrogens with two attached hydrogens (primary N) is 1. The van der Waals surface area contributed by atoms with Crippen LogP contribution in [0.2, 0.25) is 10.0 Å². The lowest BCUT2D eigenvalue weighted by molar-refractivity contribution is 0.411. The Balaban J connectivity index is 2.50. The van der Waals surface area contributed by atoms with E-state index in [0.29, 0.717) is 10.0 Å². The minimum absolute atomic E-state index is 0.314. The van der Waals surface area contributed by atoms with E-state index in [2.05, 4.69) is 0 Å². The molecule has 0 bridgehead atoms. The van der Waals surface area contributed by atoms with E-state index in [0.717, 1.165) is 28.0 Å². The smallest absolute Gasteiger partial charge is 0.122 e. The van der Waals surface area contributed by atoms with E-state index in [1.807, 2.05) is 32.0 Å². The third kappa shape index (κ3) is 2.93. The van der Waals surface area contributed by atoms with E-state index >= 15 is 0 Å². The third-order valence-corrected chi connectivity index (χ3v) is 3.99. The largest absolute Gasteiger partial charge is 0.496 e. The van der Waals surface area contributed by atoms with Gasteiger partial charge in [0.2, 0.25) is 0 Å². The summed E-state index contributed by atoms with van der Waals surface area (Å²) in [6.07, 6.45) is 0. The first-order valence-corrected chi connectivity index (χ1v) is 7.05. The molecule has 0 aromatic heterocycles. The maximum absolute atomic E-state index is 6.36. The normalized spacial score (nSPS) is 12.3. The molecule has 0 fully saturated rings. The second kappa shape index (κ2) is 6.04. The molecule has 1 atom stereocenters. The number of halogens is 2. The molecule has 2 rings (SSSR count). The number of aryl methyl sites for hydroxylation is 2. The molecule has 20 heavy (non-hydrogen) atoms. The van der Waals surface area contributed by atoms with Crippen LogP contribution in [-0.4, -0.2) is 7.11 Å². The van der Waals surface area contributed by atoms with Crippen LogP contribution in [0.25, 0.3) is 0 Å². The number of hydrogen-bond donors (Lipinski definition) is 1. The van der Waals surface area contributed by atoms with E-state index in [1.54, 1.807) is 19.2 Å². The van der Waals surface area contributed by atoms with Gasteiger partial charge in [0, 0.05) is 10.0 Å². The molecular weight excluding hydrogens is 293 g/mol.